The number of benzene rings is 1. The van der Waals surface area contributed by atoms with Crippen LogP contribution in [-0.4, -0.2) is 0 Å². The summed E-state index contributed by atoms with van der Waals surface area (Å²) in [7, 11) is 0. The van der Waals surface area contributed by atoms with Crippen molar-refractivity contribution in [3.63, 3.8) is 0 Å². The Morgan fingerprint density at radius 3 is 2.67 bits per heavy atom. The van der Waals surface area contributed by atoms with Crippen LogP contribution in [0.1, 0.15) is 45.1 Å². The molecular weight excluding hydrogens is 284 g/mol. The van der Waals surface area contributed by atoms with Crippen molar-refractivity contribution >= 4 is 22.0 Å². The lowest BCUT2D eigenvalue weighted by atomic mass is 10.0. The lowest BCUT2D eigenvalue weighted by molar-refractivity contribution is 0.576. The average molecular weight is 307 g/mol. The van der Waals surface area contributed by atoms with Crippen molar-refractivity contribution in [1.29, 1.82) is 0 Å². The molecule has 0 N–H and O–H groups in total. The summed E-state index contributed by atoms with van der Waals surface area (Å²) in [4.78, 5) is 0. The molecule has 0 amide bonds. The molecule has 0 aliphatic rings. The van der Waals surface area contributed by atoms with Gasteiger partial charge in [0.15, 0.2) is 0 Å². The van der Waals surface area contributed by atoms with Crippen LogP contribution in [-0.2, 0) is 0 Å². The predicted octanol–water partition coefficient (Wildman–Crippen LogP) is 6.23. The fourth-order valence-electron chi connectivity index (χ4n) is 1.84. The van der Waals surface area contributed by atoms with Crippen LogP contribution in [0.25, 0.3) is 6.08 Å². The summed E-state index contributed by atoms with van der Waals surface area (Å²) in [6.07, 6.45) is 14.0. The van der Waals surface area contributed by atoms with Gasteiger partial charge in [-0.05, 0) is 24.0 Å². The van der Waals surface area contributed by atoms with Gasteiger partial charge in [0, 0.05) is 4.47 Å². The Labute approximate surface area is 120 Å². The molecule has 0 spiro atoms. The van der Waals surface area contributed by atoms with E-state index in [0.29, 0.717) is 5.92 Å². The van der Waals surface area contributed by atoms with Crippen molar-refractivity contribution in [3.8, 4) is 0 Å². The third-order valence-corrected chi connectivity index (χ3v) is 3.72. The Balaban J connectivity index is 2.37. The molecule has 1 heteroatoms. The minimum absolute atomic E-state index is 0.681. The summed E-state index contributed by atoms with van der Waals surface area (Å²) in [5, 5.41) is 0. The SMILES string of the molecule is CCCCC[C@@H](C)/C=C/C=C/c1ccccc1Br. The number of hydrogen-bond acceptors (Lipinski definition) is 0. The molecule has 1 rings (SSSR count). The van der Waals surface area contributed by atoms with E-state index < -0.39 is 0 Å². The maximum absolute atomic E-state index is 3.54. The molecule has 98 valence electrons. The van der Waals surface area contributed by atoms with Crippen LogP contribution in [0.15, 0.2) is 47.0 Å². The average Bonchev–Trinajstić information content (AvgIpc) is 2.37. The molecular formula is C17H23Br. The van der Waals surface area contributed by atoms with Crippen LogP contribution in [0.5, 0.6) is 0 Å². The molecule has 18 heavy (non-hydrogen) atoms. The van der Waals surface area contributed by atoms with Gasteiger partial charge in [0.2, 0.25) is 0 Å². The molecule has 0 aliphatic carbocycles. The van der Waals surface area contributed by atoms with E-state index in [4.69, 9.17) is 0 Å². The molecule has 0 saturated carbocycles. The zero-order chi connectivity index (χ0) is 13.2. The standard InChI is InChI=1S/C17H23Br/c1-3-4-5-10-15(2)11-6-7-12-16-13-8-9-14-17(16)18/h6-9,11-15H,3-5,10H2,1-2H3/b11-6+,12-7+/t15-/m1/s1. The second-order valence-corrected chi connectivity index (χ2v) is 5.59. The highest BCUT2D eigenvalue weighted by atomic mass is 79.9. The van der Waals surface area contributed by atoms with Gasteiger partial charge < -0.3 is 0 Å². The quantitative estimate of drug-likeness (QED) is 0.413. The lowest BCUT2D eigenvalue weighted by Crippen LogP contribution is -1.88. The number of hydrogen-bond donors (Lipinski definition) is 0. The van der Waals surface area contributed by atoms with Crippen LogP contribution in [0, 0.1) is 5.92 Å². The normalized spacial score (nSPS) is 13.5. The van der Waals surface area contributed by atoms with Crippen LogP contribution >= 0.6 is 15.9 Å². The number of rotatable bonds is 7. The maximum atomic E-state index is 3.54. The zero-order valence-corrected chi connectivity index (χ0v) is 13.0. The molecule has 0 nitrogen and oxygen atoms in total. The molecule has 0 saturated heterocycles. The summed E-state index contributed by atoms with van der Waals surface area (Å²) in [5.74, 6) is 0.681. The van der Waals surface area contributed by atoms with Crippen molar-refractivity contribution in [1.82, 2.24) is 0 Å². The summed E-state index contributed by atoms with van der Waals surface area (Å²) in [6.45, 7) is 4.54. The summed E-state index contributed by atoms with van der Waals surface area (Å²) >= 11 is 3.54. The van der Waals surface area contributed by atoms with E-state index in [2.05, 4.69) is 72.3 Å². The Kier molecular flexibility index (Phi) is 7.75. The highest BCUT2D eigenvalue weighted by Crippen LogP contribution is 2.17. The molecule has 0 heterocycles. The highest BCUT2D eigenvalue weighted by Gasteiger charge is 1.95. The fourth-order valence-corrected chi connectivity index (χ4v) is 2.25. The van der Waals surface area contributed by atoms with Gasteiger partial charge in [0.1, 0.15) is 0 Å². The van der Waals surface area contributed by atoms with Gasteiger partial charge in [-0.25, -0.2) is 0 Å². The first-order valence-corrected chi connectivity index (χ1v) is 7.62. The van der Waals surface area contributed by atoms with Crippen molar-refractivity contribution in [2.24, 2.45) is 5.92 Å². The molecule has 1 atom stereocenters. The van der Waals surface area contributed by atoms with E-state index in [0.717, 1.165) is 4.47 Å². The van der Waals surface area contributed by atoms with Gasteiger partial charge in [-0.3, -0.25) is 0 Å². The first-order valence-electron chi connectivity index (χ1n) is 6.83. The molecule has 0 bridgehead atoms. The number of halogens is 1. The van der Waals surface area contributed by atoms with E-state index in [9.17, 15) is 0 Å². The van der Waals surface area contributed by atoms with Gasteiger partial charge in [-0.1, -0.05) is 91.5 Å². The fraction of sp³-hybridized carbons (Fsp3) is 0.412. The van der Waals surface area contributed by atoms with E-state index in [1.807, 2.05) is 6.07 Å². The minimum Gasteiger partial charge on any atom is -0.0817 e. The molecule has 1 aromatic carbocycles. The monoisotopic (exact) mass is 306 g/mol. The Morgan fingerprint density at radius 1 is 1.17 bits per heavy atom. The van der Waals surface area contributed by atoms with Gasteiger partial charge in [0.05, 0.1) is 0 Å². The van der Waals surface area contributed by atoms with Gasteiger partial charge in [0.25, 0.3) is 0 Å². The van der Waals surface area contributed by atoms with Crippen molar-refractivity contribution < 1.29 is 0 Å². The topological polar surface area (TPSA) is 0 Å². The second kappa shape index (κ2) is 9.16. The summed E-state index contributed by atoms with van der Waals surface area (Å²) < 4.78 is 1.14. The molecule has 0 fully saturated rings. The minimum atomic E-state index is 0.681. The molecule has 1 aromatic rings. The van der Waals surface area contributed by atoms with Crippen LogP contribution in [0.2, 0.25) is 0 Å². The smallest absolute Gasteiger partial charge is 0.0247 e. The van der Waals surface area contributed by atoms with Crippen LogP contribution < -0.4 is 0 Å². The zero-order valence-electron chi connectivity index (χ0n) is 11.4. The lowest BCUT2D eigenvalue weighted by Gasteiger charge is -2.03. The van der Waals surface area contributed by atoms with Crippen molar-refractivity contribution in [2.75, 3.05) is 0 Å². The predicted molar refractivity (Wildman–Crippen MR) is 85.6 cm³/mol. The number of allylic oxidation sites excluding steroid dienone is 3. The highest BCUT2D eigenvalue weighted by molar-refractivity contribution is 9.10. The van der Waals surface area contributed by atoms with Crippen LogP contribution in [0.4, 0.5) is 0 Å². The third-order valence-electron chi connectivity index (χ3n) is 2.99. The molecule has 0 aromatic heterocycles. The van der Waals surface area contributed by atoms with Crippen LogP contribution in [0.3, 0.4) is 0 Å². The Hall–Kier alpha value is -0.820. The van der Waals surface area contributed by atoms with Gasteiger partial charge >= 0.3 is 0 Å². The Bertz CT molecular complexity index is 390. The van der Waals surface area contributed by atoms with Crippen molar-refractivity contribution in [2.45, 2.75) is 39.5 Å². The summed E-state index contributed by atoms with van der Waals surface area (Å²) in [6, 6.07) is 8.27. The van der Waals surface area contributed by atoms with E-state index in [1.165, 1.54) is 31.2 Å². The van der Waals surface area contributed by atoms with Crippen molar-refractivity contribution in [3.05, 3.63) is 52.5 Å². The first-order chi connectivity index (χ1) is 8.74. The van der Waals surface area contributed by atoms with E-state index in [-0.39, 0.29) is 0 Å². The molecule has 0 radical (unpaired) electrons. The summed E-state index contributed by atoms with van der Waals surface area (Å²) in [5.41, 5.74) is 1.22. The third kappa shape index (κ3) is 6.20. The first kappa shape index (κ1) is 15.2. The maximum Gasteiger partial charge on any atom is 0.0247 e. The molecule has 0 unspecified atom stereocenters. The van der Waals surface area contributed by atoms with Gasteiger partial charge in [-0.2, -0.15) is 0 Å². The van der Waals surface area contributed by atoms with E-state index in [1.54, 1.807) is 0 Å². The largest absolute Gasteiger partial charge is 0.0817 e. The van der Waals surface area contributed by atoms with E-state index >= 15 is 0 Å². The molecule has 0 aliphatic heterocycles. The Morgan fingerprint density at radius 2 is 1.94 bits per heavy atom. The number of unbranched alkanes of at least 4 members (excludes halogenated alkanes) is 2. The van der Waals surface area contributed by atoms with Gasteiger partial charge in [-0.15, -0.1) is 0 Å². The second-order valence-electron chi connectivity index (χ2n) is 4.74.